The Morgan fingerprint density at radius 2 is 1.65 bits per heavy atom. The van der Waals surface area contributed by atoms with E-state index in [0.29, 0.717) is 5.02 Å². The molecular weight excluding hydrogens is 296 g/mol. The monoisotopic (exact) mass is 316 g/mol. The van der Waals surface area contributed by atoms with Gasteiger partial charge in [-0.25, -0.2) is 13.1 Å². The average molecular weight is 317 g/mol. The van der Waals surface area contributed by atoms with Gasteiger partial charge < -0.3 is 5.73 Å². The van der Waals surface area contributed by atoms with Crippen LogP contribution >= 0.6 is 11.6 Å². The zero-order chi connectivity index (χ0) is 14.6. The van der Waals surface area contributed by atoms with E-state index in [4.69, 9.17) is 17.3 Å². The minimum atomic E-state index is -3.52. The van der Waals surface area contributed by atoms with Gasteiger partial charge in [0.2, 0.25) is 10.0 Å². The van der Waals surface area contributed by atoms with Crippen molar-refractivity contribution in [2.75, 3.05) is 6.54 Å². The molecule has 0 bridgehead atoms. The molecule has 0 heterocycles. The quantitative estimate of drug-likeness (QED) is 0.839. The van der Waals surface area contributed by atoms with E-state index in [1.54, 1.807) is 12.1 Å². The number of sulfonamides is 1. The van der Waals surface area contributed by atoms with Crippen LogP contribution in [-0.4, -0.2) is 20.5 Å². The third-order valence-corrected chi connectivity index (χ3v) is 5.51. The zero-order valence-electron chi connectivity index (χ0n) is 11.4. The van der Waals surface area contributed by atoms with Crippen molar-refractivity contribution in [3.63, 3.8) is 0 Å². The molecule has 2 rings (SSSR count). The van der Waals surface area contributed by atoms with Gasteiger partial charge in [0.15, 0.2) is 0 Å². The lowest BCUT2D eigenvalue weighted by Crippen LogP contribution is -2.49. The maximum Gasteiger partial charge on any atom is 0.240 e. The molecule has 1 saturated carbocycles. The van der Waals surface area contributed by atoms with E-state index in [1.807, 2.05) is 0 Å². The molecule has 0 radical (unpaired) electrons. The number of hydrogen-bond donors (Lipinski definition) is 2. The first kappa shape index (κ1) is 15.8. The van der Waals surface area contributed by atoms with E-state index >= 15 is 0 Å². The second-order valence-electron chi connectivity index (χ2n) is 5.56. The number of nitrogens with two attached hydrogens (primary N) is 1. The predicted octanol–water partition coefficient (Wildman–Crippen LogP) is 2.67. The van der Waals surface area contributed by atoms with E-state index in [2.05, 4.69) is 4.72 Å². The van der Waals surface area contributed by atoms with Crippen molar-refractivity contribution in [3.05, 3.63) is 29.3 Å². The molecule has 4 nitrogen and oxygen atoms in total. The summed E-state index contributed by atoms with van der Waals surface area (Å²) in [6, 6.07) is 6.14. The molecule has 1 aromatic carbocycles. The lowest BCUT2D eigenvalue weighted by Gasteiger charge is -2.28. The van der Waals surface area contributed by atoms with Gasteiger partial charge in [0.25, 0.3) is 0 Å². The molecule has 1 fully saturated rings. The molecule has 1 aliphatic rings. The Hall–Kier alpha value is -0.620. The Kier molecular flexibility index (Phi) is 5.07. The molecular formula is C14H21ClN2O2S. The molecule has 0 atom stereocenters. The van der Waals surface area contributed by atoms with Crippen LogP contribution in [-0.2, 0) is 10.0 Å². The molecule has 112 valence electrons. The lowest BCUT2D eigenvalue weighted by molar-refractivity contribution is 0.369. The Morgan fingerprint density at radius 1 is 1.10 bits per heavy atom. The summed E-state index contributed by atoms with van der Waals surface area (Å²) in [5.41, 5.74) is 5.90. The Bertz CT molecular complexity index is 535. The summed E-state index contributed by atoms with van der Waals surface area (Å²) in [5, 5.41) is 0.517. The molecule has 0 unspecified atom stereocenters. The number of nitrogens with one attached hydrogen (secondary N) is 1. The first-order valence-corrected chi connectivity index (χ1v) is 8.82. The minimum Gasteiger partial charge on any atom is -0.324 e. The van der Waals surface area contributed by atoms with Crippen molar-refractivity contribution in [2.45, 2.75) is 49.0 Å². The summed E-state index contributed by atoms with van der Waals surface area (Å²) in [5.74, 6) is 0. The Labute approximate surface area is 125 Å². The van der Waals surface area contributed by atoms with E-state index in [1.165, 1.54) is 25.0 Å². The van der Waals surface area contributed by atoms with Crippen molar-refractivity contribution >= 4 is 21.6 Å². The summed E-state index contributed by atoms with van der Waals surface area (Å²) in [6.45, 7) is 0.290. The van der Waals surface area contributed by atoms with Gasteiger partial charge in [0.1, 0.15) is 0 Å². The summed E-state index contributed by atoms with van der Waals surface area (Å²) < 4.78 is 27.0. The van der Waals surface area contributed by atoms with Gasteiger partial charge in [0.05, 0.1) is 4.90 Å². The van der Waals surface area contributed by atoms with Crippen LogP contribution in [0.25, 0.3) is 0 Å². The maximum absolute atomic E-state index is 12.2. The van der Waals surface area contributed by atoms with Crippen LogP contribution in [0.4, 0.5) is 0 Å². The van der Waals surface area contributed by atoms with E-state index in [-0.39, 0.29) is 11.4 Å². The first-order valence-electron chi connectivity index (χ1n) is 6.95. The van der Waals surface area contributed by atoms with Gasteiger partial charge in [-0.15, -0.1) is 0 Å². The van der Waals surface area contributed by atoms with Crippen LogP contribution < -0.4 is 10.5 Å². The summed E-state index contributed by atoms with van der Waals surface area (Å²) in [7, 11) is -3.52. The Balaban J connectivity index is 2.03. The highest BCUT2D eigenvalue weighted by Gasteiger charge is 2.28. The van der Waals surface area contributed by atoms with Crippen LogP contribution in [0.2, 0.25) is 5.02 Å². The fraction of sp³-hybridized carbons (Fsp3) is 0.571. The Morgan fingerprint density at radius 3 is 2.20 bits per heavy atom. The van der Waals surface area contributed by atoms with Crippen LogP contribution in [0, 0.1) is 0 Å². The normalized spacial score (nSPS) is 19.5. The topological polar surface area (TPSA) is 72.2 Å². The maximum atomic E-state index is 12.2. The second kappa shape index (κ2) is 6.43. The molecule has 3 N–H and O–H groups in total. The van der Waals surface area contributed by atoms with Crippen molar-refractivity contribution in [3.8, 4) is 0 Å². The molecule has 20 heavy (non-hydrogen) atoms. The summed E-state index contributed by atoms with van der Waals surface area (Å²) >= 11 is 5.77. The molecule has 0 amide bonds. The predicted molar refractivity (Wildman–Crippen MR) is 81.3 cm³/mol. The molecule has 0 spiro atoms. The largest absolute Gasteiger partial charge is 0.324 e. The highest BCUT2D eigenvalue weighted by Crippen LogP contribution is 2.25. The van der Waals surface area contributed by atoms with Crippen LogP contribution in [0.3, 0.4) is 0 Å². The average Bonchev–Trinajstić information content (AvgIpc) is 2.63. The van der Waals surface area contributed by atoms with Gasteiger partial charge in [-0.05, 0) is 37.1 Å². The summed E-state index contributed by atoms with van der Waals surface area (Å²) in [4.78, 5) is 0.221. The van der Waals surface area contributed by atoms with E-state index in [9.17, 15) is 8.42 Å². The fourth-order valence-electron chi connectivity index (χ4n) is 2.55. The van der Waals surface area contributed by atoms with Crippen molar-refractivity contribution < 1.29 is 8.42 Å². The van der Waals surface area contributed by atoms with Crippen molar-refractivity contribution in [2.24, 2.45) is 5.73 Å². The van der Waals surface area contributed by atoms with Gasteiger partial charge in [0, 0.05) is 17.1 Å². The number of rotatable bonds is 4. The minimum absolute atomic E-state index is 0.221. The van der Waals surface area contributed by atoms with Crippen LogP contribution in [0.15, 0.2) is 29.2 Å². The molecule has 0 saturated heterocycles. The van der Waals surface area contributed by atoms with E-state index < -0.39 is 15.6 Å². The molecule has 1 aromatic rings. The smallest absolute Gasteiger partial charge is 0.240 e. The van der Waals surface area contributed by atoms with Crippen LogP contribution in [0.1, 0.15) is 38.5 Å². The van der Waals surface area contributed by atoms with Crippen LogP contribution in [0.5, 0.6) is 0 Å². The van der Waals surface area contributed by atoms with Crippen molar-refractivity contribution in [1.82, 2.24) is 4.72 Å². The molecule has 0 aromatic heterocycles. The standard InChI is InChI=1S/C14H21ClN2O2S/c15-12-5-7-13(8-6-12)20(18,19)17-11-14(16)9-3-1-2-4-10-14/h5-8,17H,1-4,9-11,16H2. The highest BCUT2D eigenvalue weighted by atomic mass is 35.5. The number of hydrogen-bond acceptors (Lipinski definition) is 3. The molecule has 6 heteroatoms. The lowest BCUT2D eigenvalue weighted by atomic mass is 9.92. The van der Waals surface area contributed by atoms with Crippen molar-refractivity contribution in [1.29, 1.82) is 0 Å². The summed E-state index contributed by atoms with van der Waals surface area (Å²) in [6.07, 6.45) is 6.25. The molecule has 0 aliphatic heterocycles. The van der Waals surface area contributed by atoms with E-state index in [0.717, 1.165) is 25.7 Å². The van der Waals surface area contributed by atoms with Gasteiger partial charge in [-0.2, -0.15) is 0 Å². The number of benzene rings is 1. The highest BCUT2D eigenvalue weighted by molar-refractivity contribution is 7.89. The fourth-order valence-corrected chi connectivity index (χ4v) is 3.81. The second-order valence-corrected chi connectivity index (χ2v) is 7.76. The zero-order valence-corrected chi connectivity index (χ0v) is 13.0. The van der Waals surface area contributed by atoms with Gasteiger partial charge in [-0.3, -0.25) is 0 Å². The van der Waals surface area contributed by atoms with Gasteiger partial charge in [-0.1, -0.05) is 37.3 Å². The third kappa shape index (κ3) is 4.19. The third-order valence-electron chi connectivity index (χ3n) is 3.84. The number of halogens is 1. The van der Waals surface area contributed by atoms with Gasteiger partial charge >= 0.3 is 0 Å². The molecule has 1 aliphatic carbocycles. The SMILES string of the molecule is NC1(CNS(=O)(=O)c2ccc(Cl)cc2)CCCCCC1. The first-order chi connectivity index (χ1) is 9.41.